The first-order valence-corrected chi connectivity index (χ1v) is 5.94. The van der Waals surface area contributed by atoms with E-state index in [1.165, 1.54) is 36.4 Å². The Morgan fingerprint density at radius 3 is 2.00 bits per heavy atom. The largest absolute Gasteiger partial charge is 0.463 e. The van der Waals surface area contributed by atoms with Gasteiger partial charge in [0.05, 0.1) is 5.56 Å². The van der Waals surface area contributed by atoms with Crippen LogP contribution in [0.15, 0.2) is 48.5 Å². The van der Waals surface area contributed by atoms with Crippen molar-refractivity contribution in [3.05, 3.63) is 59.7 Å². The van der Waals surface area contributed by atoms with Crippen molar-refractivity contribution in [1.29, 1.82) is 0 Å². The molecule has 0 fully saturated rings. The monoisotopic (exact) mass is 282 g/mol. The van der Waals surface area contributed by atoms with Crippen molar-refractivity contribution in [1.82, 2.24) is 0 Å². The molecular weight excluding hydrogens is 269 g/mol. The molecule has 5 heteroatoms. The van der Waals surface area contributed by atoms with E-state index < -0.39 is 13.0 Å². The lowest BCUT2D eigenvalue weighted by Crippen LogP contribution is -2.21. The quantitative estimate of drug-likeness (QED) is 0.807. The van der Waals surface area contributed by atoms with Gasteiger partial charge in [0, 0.05) is 0 Å². The molecule has 0 bridgehead atoms. The van der Waals surface area contributed by atoms with Gasteiger partial charge in [0.1, 0.15) is 11.5 Å². The Balaban J connectivity index is 2.12. The van der Waals surface area contributed by atoms with Gasteiger partial charge in [-0.1, -0.05) is 17.7 Å². The summed E-state index contributed by atoms with van der Waals surface area (Å²) in [4.78, 5) is 0. The fraction of sp³-hybridized carbons (Fsp3) is 0.200. The van der Waals surface area contributed by atoms with Crippen molar-refractivity contribution in [3.8, 4) is 11.5 Å². The van der Waals surface area contributed by atoms with Crippen molar-refractivity contribution < 1.29 is 22.6 Å². The van der Waals surface area contributed by atoms with Gasteiger partial charge in [-0.3, -0.25) is 0 Å². The number of alkyl halides is 3. The summed E-state index contributed by atoms with van der Waals surface area (Å²) in [5, 5.41) is 0. The van der Waals surface area contributed by atoms with Crippen LogP contribution in [0.5, 0.6) is 11.5 Å². The van der Waals surface area contributed by atoms with Gasteiger partial charge >= 0.3 is 6.11 Å². The first kappa shape index (κ1) is 14.2. The van der Waals surface area contributed by atoms with Crippen LogP contribution in [0, 0.1) is 6.92 Å². The van der Waals surface area contributed by atoms with E-state index in [9.17, 15) is 13.2 Å². The third-order valence-corrected chi connectivity index (χ3v) is 2.68. The number of benzene rings is 2. The van der Waals surface area contributed by atoms with Crippen molar-refractivity contribution in [2.24, 2.45) is 0 Å². The Bertz CT molecular complexity index is 550. The van der Waals surface area contributed by atoms with Crippen molar-refractivity contribution in [2.45, 2.75) is 13.0 Å². The van der Waals surface area contributed by atoms with Crippen molar-refractivity contribution in [2.75, 3.05) is 6.86 Å². The maximum absolute atomic E-state index is 13.9. The summed E-state index contributed by atoms with van der Waals surface area (Å²) in [6.07, 6.45) is -3.43. The van der Waals surface area contributed by atoms with E-state index in [4.69, 9.17) is 0 Å². The maximum Gasteiger partial charge on any atom is 0.426 e. The smallest absolute Gasteiger partial charge is 0.426 e. The first-order valence-electron chi connectivity index (χ1n) is 5.94. The summed E-state index contributed by atoms with van der Waals surface area (Å²) in [5.41, 5.74) is 0.657. The van der Waals surface area contributed by atoms with E-state index >= 15 is 0 Å². The number of hydrogen-bond donors (Lipinski definition) is 0. The lowest BCUT2D eigenvalue weighted by molar-refractivity contribution is -0.185. The number of hydrogen-bond acceptors (Lipinski definition) is 2. The second kappa shape index (κ2) is 5.86. The molecule has 0 heterocycles. The fourth-order valence-electron chi connectivity index (χ4n) is 1.62. The summed E-state index contributed by atoms with van der Waals surface area (Å²) < 4.78 is 49.0. The molecule has 0 aliphatic carbocycles. The third-order valence-electron chi connectivity index (χ3n) is 2.68. The van der Waals surface area contributed by atoms with Gasteiger partial charge in [-0.2, -0.15) is 8.78 Å². The molecule has 106 valence electrons. The summed E-state index contributed by atoms with van der Waals surface area (Å²) >= 11 is 0. The third kappa shape index (κ3) is 3.44. The lowest BCUT2D eigenvalue weighted by atomic mass is 10.1. The Kier molecular flexibility index (Phi) is 4.17. The van der Waals surface area contributed by atoms with Gasteiger partial charge in [-0.25, -0.2) is 4.39 Å². The molecule has 2 aromatic carbocycles. The molecular formula is C15H13F3O2. The molecule has 0 amide bonds. The van der Waals surface area contributed by atoms with Crippen LogP contribution in [-0.2, 0) is 6.11 Å². The van der Waals surface area contributed by atoms with E-state index in [1.54, 1.807) is 12.1 Å². The Labute approximate surface area is 114 Å². The molecule has 2 rings (SSSR count). The standard InChI is InChI=1S/C15H13F3O2/c1-11-2-4-12(5-3-11)15(17,18)20-14-8-6-13(7-9-14)19-10-16/h2-9H,10H2,1H3. The minimum absolute atomic E-state index is 0.0261. The van der Waals surface area contributed by atoms with Crippen LogP contribution in [-0.4, -0.2) is 6.86 Å². The van der Waals surface area contributed by atoms with E-state index in [-0.39, 0.29) is 17.1 Å². The molecule has 0 unspecified atom stereocenters. The molecule has 2 nitrogen and oxygen atoms in total. The molecule has 20 heavy (non-hydrogen) atoms. The molecule has 0 aliphatic rings. The van der Waals surface area contributed by atoms with Crippen molar-refractivity contribution >= 4 is 0 Å². The number of ether oxygens (including phenoxy) is 2. The summed E-state index contributed by atoms with van der Waals surface area (Å²) in [7, 11) is 0. The lowest BCUT2D eigenvalue weighted by Gasteiger charge is -2.18. The molecule has 0 aromatic heterocycles. The van der Waals surface area contributed by atoms with Crippen LogP contribution >= 0.6 is 0 Å². The van der Waals surface area contributed by atoms with Crippen LogP contribution in [0.3, 0.4) is 0 Å². The van der Waals surface area contributed by atoms with E-state index in [0.717, 1.165) is 5.56 Å². The second-order valence-electron chi connectivity index (χ2n) is 4.21. The predicted molar refractivity (Wildman–Crippen MR) is 68.7 cm³/mol. The predicted octanol–water partition coefficient (Wildman–Crippen LogP) is 4.43. The van der Waals surface area contributed by atoms with Gasteiger partial charge in [-0.05, 0) is 43.3 Å². The zero-order chi connectivity index (χ0) is 14.6. The highest BCUT2D eigenvalue weighted by Gasteiger charge is 2.34. The highest BCUT2D eigenvalue weighted by molar-refractivity contribution is 5.32. The van der Waals surface area contributed by atoms with Gasteiger partial charge in [0.25, 0.3) is 0 Å². The van der Waals surface area contributed by atoms with E-state index in [1.807, 2.05) is 6.92 Å². The van der Waals surface area contributed by atoms with Crippen LogP contribution in [0.4, 0.5) is 13.2 Å². The minimum Gasteiger partial charge on any atom is -0.463 e. The maximum atomic E-state index is 13.9. The number of rotatable bonds is 5. The molecule has 0 aliphatic heterocycles. The molecule has 0 atom stereocenters. The highest BCUT2D eigenvalue weighted by atomic mass is 19.3. The molecule has 0 saturated carbocycles. The first-order chi connectivity index (χ1) is 9.51. The molecule has 0 saturated heterocycles. The fourth-order valence-corrected chi connectivity index (χ4v) is 1.62. The average molecular weight is 282 g/mol. The normalized spacial score (nSPS) is 11.2. The van der Waals surface area contributed by atoms with Crippen LogP contribution < -0.4 is 9.47 Å². The van der Waals surface area contributed by atoms with Crippen LogP contribution in [0.25, 0.3) is 0 Å². The summed E-state index contributed by atoms with van der Waals surface area (Å²) in [6.45, 7) is 0.839. The van der Waals surface area contributed by atoms with Gasteiger partial charge in [0.15, 0.2) is 0 Å². The number of aryl methyl sites for hydroxylation is 1. The van der Waals surface area contributed by atoms with Gasteiger partial charge in [0.2, 0.25) is 6.86 Å². The Hall–Kier alpha value is -2.17. The topological polar surface area (TPSA) is 18.5 Å². The highest BCUT2D eigenvalue weighted by Crippen LogP contribution is 2.32. The van der Waals surface area contributed by atoms with E-state index in [0.29, 0.717) is 0 Å². The molecule has 2 aromatic rings. The van der Waals surface area contributed by atoms with Crippen LogP contribution in [0.2, 0.25) is 0 Å². The second-order valence-corrected chi connectivity index (χ2v) is 4.21. The zero-order valence-corrected chi connectivity index (χ0v) is 10.8. The van der Waals surface area contributed by atoms with E-state index in [2.05, 4.69) is 9.47 Å². The van der Waals surface area contributed by atoms with Gasteiger partial charge < -0.3 is 9.47 Å². The van der Waals surface area contributed by atoms with Gasteiger partial charge in [-0.15, -0.1) is 0 Å². The number of halogens is 3. The molecule has 0 radical (unpaired) electrons. The Morgan fingerprint density at radius 1 is 0.900 bits per heavy atom. The molecule has 0 spiro atoms. The zero-order valence-electron chi connectivity index (χ0n) is 10.8. The minimum atomic E-state index is -3.43. The summed E-state index contributed by atoms with van der Waals surface area (Å²) in [5.74, 6) is 0.222. The van der Waals surface area contributed by atoms with Crippen molar-refractivity contribution in [3.63, 3.8) is 0 Å². The SMILES string of the molecule is Cc1ccc(C(F)(F)Oc2ccc(OCF)cc2)cc1. The van der Waals surface area contributed by atoms with Crippen LogP contribution in [0.1, 0.15) is 11.1 Å². The Morgan fingerprint density at radius 2 is 1.45 bits per heavy atom. The summed E-state index contributed by atoms with van der Waals surface area (Å²) in [6, 6.07) is 11.1. The average Bonchev–Trinajstić information content (AvgIpc) is 2.41. The molecule has 0 N–H and O–H groups in total.